The fraction of sp³-hybridized carbons (Fsp3) is 0.500. The summed E-state index contributed by atoms with van der Waals surface area (Å²) < 4.78 is 23.5. The Kier molecular flexibility index (Phi) is 3.42. The molecule has 0 aromatic heterocycles. The number of hydrogen-bond acceptors (Lipinski definition) is 4. The van der Waals surface area contributed by atoms with E-state index < -0.39 is 21.2 Å². The number of carbonyl (C=O) groups excluding carboxylic acids is 1. The topological polar surface area (TPSA) is 60.4 Å². The summed E-state index contributed by atoms with van der Waals surface area (Å²) in [5.41, 5.74) is 0. The second kappa shape index (κ2) is 3.36. The van der Waals surface area contributed by atoms with Crippen molar-refractivity contribution >= 4 is 36.9 Å². The molecule has 0 aromatic rings. The van der Waals surface area contributed by atoms with Crippen LogP contribution < -0.4 is 0 Å². The van der Waals surface area contributed by atoms with Crippen LogP contribution in [0.3, 0.4) is 0 Å². The van der Waals surface area contributed by atoms with Crippen molar-refractivity contribution in [3.8, 4) is 0 Å². The Morgan fingerprint density at radius 2 is 2.00 bits per heavy atom. The zero-order chi connectivity index (χ0) is 7.49. The molecule has 4 nitrogen and oxygen atoms in total. The fourth-order valence-corrected chi connectivity index (χ4v) is 0.617. The van der Waals surface area contributed by atoms with E-state index in [0.29, 0.717) is 0 Å². The second-order valence-corrected chi connectivity index (χ2v) is 3.59. The van der Waals surface area contributed by atoms with Crippen LogP contribution in [0.5, 0.6) is 0 Å². The third-order valence-corrected chi connectivity index (χ3v) is 1.09. The molecule has 0 unspecified atom stereocenters. The van der Waals surface area contributed by atoms with Crippen molar-refractivity contribution in [1.82, 2.24) is 0 Å². The van der Waals surface area contributed by atoms with Crippen LogP contribution in [0.25, 0.3) is 0 Å². The number of hydrogen-bond donors (Lipinski definition) is 0. The molecule has 0 aliphatic carbocycles. The zero-order valence-corrected chi connectivity index (χ0v) is 6.33. The summed E-state index contributed by atoms with van der Waals surface area (Å²) in [6.07, 6.45) is 0. The van der Waals surface area contributed by atoms with Crippen LogP contribution in [0.2, 0.25) is 0 Å². The Balaban J connectivity index is 3.67. The van der Waals surface area contributed by atoms with Crippen molar-refractivity contribution in [2.75, 3.05) is 6.61 Å². The molecule has 7 heteroatoms. The highest BCUT2D eigenvalue weighted by Crippen LogP contribution is 1.98. The third-order valence-electron chi connectivity index (χ3n) is 0.313. The lowest BCUT2D eigenvalue weighted by atomic mass is 10.8. The smallest absolute Gasteiger partial charge is 0.279 e. The van der Waals surface area contributed by atoms with E-state index in [1.807, 2.05) is 0 Å². The lowest BCUT2D eigenvalue weighted by Gasteiger charge is -1.90. The minimum Gasteiger partial charge on any atom is -0.279 e. The molecule has 0 atom stereocenters. The summed E-state index contributed by atoms with van der Waals surface area (Å²) in [4.78, 5) is 9.81. The fourth-order valence-electron chi connectivity index (χ4n) is 0.117. The first-order chi connectivity index (χ1) is 3.92. The van der Waals surface area contributed by atoms with Gasteiger partial charge in [0, 0.05) is 10.7 Å². The number of rotatable bonds is 3. The molecule has 0 aromatic carbocycles. The minimum absolute atomic E-state index is 0.729. The van der Waals surface area contributed by atoms with E-state index in [1.165, 1.54) is 0 Å². The molecule has 0 saturated heterocycles. The monoisotopic (exact) mass is 192 g/mol. The maximum atomic E-state index is 9.87. The van der Waals surface area contributed by atoms with Crippen molar-refractivity contribution in [2.45, 2.75) is 0 Å². The first kappa shape index (κ1) is 9.16. The molecule has 0 bridgehead atoms. The van der Waals surface area contributed by atoms with Gasteiger partial charge in [0.25, 0.3) is 0 Å². The van der Waals surface area contributed by atoms with Gasteiger partial charge in [0.1, 0.15) is 6.61 Å². The molecule has 0 saturated carbocycles. The van der Waals surface area contributed by atoms with Gasteiger partial charge in [-0.3, -0.25) is 4.79 Å². The van der Waals surface area contributed by atoms with Crippen molar-refractivity contribution in [3.63, 3.8) is 0 Å². The van der Waals surface area contributed by atoms with Crippen molar-refractivity contribution in [1.29, 1.82) is 0 Å². The van der Waals surface area contributed by atoms with Gasteiger partial charge in [-0.1, -0.05) is 0 Å². The van der Waals surface area contributed by atoms with Gasteiger partial charge in [-0.2, -0.15) is 8.42 Å². The van der Waals surface area contributed by atoms with Gasteiger partial charge in [-0.05, 0) is 11.6 Å². The van der Waals surface area contributed by atoms with Gasteiger partial charge in [0.05, 0.1) is 0 Å². The van der Waals surface area contributed by atoms with Gasteiger partial charge in [0.15, 0.2) is 0 Å². The average Bonchev–Trinajstić information content (AvgIpc) is 1.59. The van der Waals surface area contributed by atoms with E-state index in [1.54, 1.807) is 0 Å². The summed E-state index contributed by atoms with van der Waals surface area (Å²) in [7, 11) is 0.464. The maximum absolute atomic E-state index is 9.87. The van der Waals surface area contributed by atoms with Crippen LogP contribution in [-0.4, -0.2) is 20.3 Å². The molecular formula is C2H2Cl2O4S. The van der Waals surface area contributed by atoms with Crippen molar-refractivity contribution < 1.29 is 17.4 Å². The number of halogens is 2. The normalized spacial score (nSPS) is 11.3. The molecule has 9 heavy (non-hydrogen) atoms. The van der Waals surface area contributed by atoms with Crippen LogP contribution in [0.1, 0.15) is 0 Å². The summed E-state index contributed by atoms with van der Waals surface area (Å²) in [6.45, 7) is -0.729. The zero-order valence-electron chi connectivity index (χ0n) is 4.00. The van der Waals surface area contributed by atoms with Gasteiger partial charge in [0.2, 0.25) is 5.24 Å². The summed E-state index contributed by atoms with van der Waals surface area (Å²) in [5, 5.41) is -0.917. The first-order valence-corrected chi connectivity index (χ1v) is 4.30. The van der Waals surface area contributed by atoms with E-state index in [-0.39, 0.29) is 0 Å². The largest absolute Gasteiger partial charge is 0.356 e. The Labute approximate surface area is 61.3 Å². The lowest BCUT2D eigenvalue weighted by Crippen LogP contribution is -2.04. The molecule has 0 spiro atoms. The SMILES string of the molecule is O=C(Cl)COS(=O)(=O)Cl. The lowest BCUT2D eigenvalue weighted by molar-refractivity contribution is -0.113. The van der Waals surface area contributed by atoms with Crippen LogP contribution in [0.4, 0.5) is 0 Å². The molecule has 0 aliphatic heterocycles. The van der Waals surface area contributed by atoms with E-state index in [9.17, 15) is 13.2 Å². The van der Waals surface area contributed by atoms with Gasteiger partial charge >= 0.3 is 9.33 Å². The third kappa shape index (κ3) is 8.16. The molecule has 0 N–H and O–H groups in total. The molecule has 0 rings (SSSR count). The van der Waals surface area contributed by atoms with E-state index in [4.69, 9.17) is 11.6 Å². The van der Waals surface area contributed by atoms with Gasteiger partial charge in [-0.15, -0.1) is 0 Å². The van der Waals surface area contributed by atoms with E-state index in [0.717, 1.165) is 0 Å². The standard InChI is InChI=1S/C2H2Cl2O4S/c3-2(5)1-8-9(4,6)7/h1H2. The highest BCUT2D eigenvalue weighted by atomic mass is 35.7. The summed E-state index contributed by atoms with van der Waals surface area (Å²) in [6, 6.07) is 0. The Hall–Kier alpha value is 0.160. The molecule has 0 aliphatic rings. The molecule has 0 amide bonds. The van der Waals surface area contributed by atoms with Crippen LogP contribution in [0.15, 0.2) is 0 Å². The Bertz CT molecular complexity index is 195. The van der Waals surface area contributed by atoms with Crippen molar-refractivity contribution in [2.24, 2.45) is 0 Å². The van der Waals surface area contributed by atoms with Gasteiger partial charge in [-0.25, -0.2) is 4.18 Å². The van der Waals surface area contributed by atoms with Crippen LogP contribution >= 0.6 is 22.3 Å². The quantitative estimate of drug-likeness (QED) is 0.602. The molecule has 0 heterocycles. The minimum atomic E-state index is -4.05. The van der Waals surface area contributed by atoms with Crippen LogP contribution in [-0.2, 0) is 18.3 Å². The van der Waals surface area contributed by atoms with Crippen LogP contribution in [0, 0.1) is 0 Å². The van der Waals surface area contributed by atoms with Gasteiger partial charge < -0.3 is 0 Å². The first-order valence-electron chi connectivity index (χ1n) is 1.69. The summed E-state index contributed by atoms with van der Waals surface area (Å²) in [5.74, 6) is 0. The Morgan fingerprint density at radius 3 is 2.11 bits per heavy atom. The molecule has 54 valence electrons. The highest BCUT2D eigenvalue weighted by molar-refractivity contribution is 8.10. The molecular weight excluding hydrogens is 191 g/mol. The predicted molar refractivity (Wildman–Crippen MR) is 31.6 cm³/mol. The molecule has 0 radical (unpaired) electrons. The predicted octanol–water partition coefficient (Wildman–Crippen LogP) is 0.252. The number of carbonyl (C=O) groups is 1. The average molecular weight is 193 g/mol. The Morgan fingerprint density at radius 1 is 1.56 bits per heavy atom. The summed E-state index contributed by atoms with van der Waals surface area (Å²) >= 11 is 4.70. The highest BCUT2D eigenvalue weighted by Gasteiger charge is 2.06. The van der Waals surface area contributed by atoms with E-state index in [2.05, 4.69) is 14.9 Å². The van der Waals surface area contributed by atoms with E-state index >= 15 is 0 Å². The van der Waals surface area contributed by atoms with Crippen molar-refractivity contribution in [3.05, 3.63) is 0 Å². The second-order valence-electron chi connectivity index (χ2n) is 1.01. The maximum Gasteiger partial charge on any atom is 0.356 e. The molecule has 0 fully saturated rings.